The normalized spacial score (nSPS) is 10.7. The lowest BCUT2D eigenvalue weighted by atomic mass is 10.0. The summed E-state index contributed by atoms with van der Waals surface area (Å²) in [5.74, 6) is -0.588. The number of benzene rings is 2. The molecule has 0 aliphatic carbocycles. The van der Waals surface area contributed by atoms with Gasteiger partial charge in [-0.05, 0) is 37.5 Å². The van der Waals surface area contributed by atoms with Crippen LogP contribution in [0, 0.1) is 12.7 Å². The first kappa shape index (κ1) is 18.1. The molecule has 26 heavy (non-hydrogen) atoms. The predicted octanol–water partition coefficient (Wildman–Crippen LogP) is 4.81. The molecule has 2 aromatic carbocycles. The molecule has 0 spiro atoms. The van der Waals surface area contributed by atoms with Gasteiger partial charge in [-0.25, -0.2) is 4.39 Å². The van der Waals surface area contributed by atoms with Gasteiger partial charge in [0.05, 0.1) is 10.6 Å². The van der Waals surface area contributed by atoms with Crippen molar-refractivity contribution in [2.75, 3.05) is 6.54 Å². The van der Waals surface area contributed by atoms with Gasteiger partial charge < -0.3 is 9.84 Å². The molecule has 3 aromatic rings. The first-order valence-corrected chi connectivity index (χ1v) is 8.68. The predicted molar refractivity (Wildman–Crippen MR) is 98.7 cm³/mol. The van der Waals surface area contributed by atoms with Gasteiger partial charge >= 0.3 is 0 Å². The Hall–Kier alpha value is -2.66. The van der Waals surface area contributed by atoms with Crippen molar-refractivity contribution >= 4 is 17.5 Å². The number of rotatable bonds is 6. The summed E-state index contributed by atoms with van der Waals surface area (Å²) < 4.78 is 19.3. The van der Waals surface area contributed by atoms with Crippen LogP contribution >= 0.6 is 11.6 Å². The van der Waals surface area contributed by atoms with E-state index in [-0.39, 0.29) is 27.8 Å². The van der Waals surface area contributed by atoms with Crippen molar-refractivity contribution in [3.63, 3.8) is 0 Å². The second kappa shape index (κ2) is 8.15. The molecule has 0 aliphatic rings. The Morgan fingerprint density at radius 1 is 1.19 bits per heavy atom. The fourth-order valence-electron chi connectivity index (χ4n) is 2.76. The minimum atomic E-state index is -0.552. The van der Waals surface area contributed by atoms with E-state index in [0.29, 0.717) is 12.3 Å². The summed E-state index contributed by atoms with van der Waals surface area (Å²) in [6.07, 6.45) is 1.64. The van der Waals surface area contributed by atoms with E-state index in [9.17, 15) is 9.18 Å². The van der Waals surface area contributed by atoms with Crippen LogP contribution in [0.15, 0.2) is 53.1 Å². The molecule has 1 heterocycles. The Morgan fingerprint density at radius 3 is 2.69 bits per heavy atom. The third-order valence-electron chi connectivity index (χ3n) is 4.06. The largest absolute Gasteiger partial charge is 0.360 e. The fourth-order valence-corrected chi connectivity index (χ4v) is 3.01. The van der Waals surface area contributed by atoms with Gasteiger partial charge in [-0.2, -0.15) is 0 Å². The van der Waals surface area contributed by atoms with E-state index in [1.54, 1.807) is 13.0 Å². The monoisotopic (exact) mass is 372 g/mol. The van der Waals surface area contributed by atoms with Crippen LogP contribution in [0.2, 0.25) is 5.02 Å². The van der Waals surface area contributed by atoms with Crippen molar-refractivity contribution < 1.29 is 13.7 Å². The number of halogens is 2. The minimum Gasteiger partial charge on any atom is -0.360 e. The average Bonchev–Trinajstić information content (AvgIpc) is 3.01. The number of amides is 1. The Kier molecular flexibility index (Phi) is 5.68. The first-order valence-electron chi connectivity index (χ1n) is 8.30. The fraction of sp³-hybridized carbons (Fsp3) is 0.200. The average molecular weight is 373 g/mol. The summed E-state index contributed by atoms with van der Waals surface area (Å²) in [4.78, 5) is 12.6. The number of nitrogens with one attached hydrogen (secondary N) is 1. The van der Waals surface area contributed by atoms with E-state index in [1.165, 1.54) is 17.7 Å². The number of aryl methyl sites for hydroxylation is 2. The van der Waals surface area contributed by atoms with E-state index in [4.69, 9.17) is 16.1 Å². The van der Waals surface area contributed by atoms with Crippen molar-refractivity contribution in [3.05, 3.63) is 76.3 Å². The second-order valence-electron chi connectivity index (χ2n) is 5.90. The molecule has 1 N–H and O–H groups in total. The minimum absolute atomic E-state index is 0.0699. The molecule has 0 atom stereocenters. The highest BCUT2D eigenvalue weighted by atomic mass is 35.5. The molecule has 1 aromatic heterocycles. The van der Waals surface area contributed by atoms with Crippen molar-refractivity contribution in [1.29, 1.82) is 0 Å². The Labute approximate surface area is 156 Å². The zero-order valence-corrected chi connectivity index (χ0v) is 15.0. The van der Waals surface area contributed by atoms with Gasteiger partial charge in [0, 0.05) is 6.54 Å². The van der Waals surface area contributed by atoms with Crippen LogP contribution in [0.3, 0.4) is 0 Å². The quantitative estimate of drug-likeness (QED) is 0.632. The molecule has 3 rings (SSSR count). The van der Waals surface area contributed by atoms with Crippen LogP contribution in [0.25, 0.3) is 11.3 Å². The first-order chi connectivity index (χ1) is 12.6. The van der Waals surface area contributed by atoms with Gasteiger partial charge in [0.1, 0.15) is 22.8 Å². The maximum Gasteiger partial charge on any atom is 0.257 e. The highest BCUT2D eigenvalue weighted by molar-refractivity contribution is 6.33. The van der Waals surface area contributed by atoms with Crippen molar-refractivity contribution in [3.8, 4) is 11.3 Å². The van der Waals surface area contributed by atoms with Gasteiger partial charge in [0.2, 0.25) is 0 Å². The van der Waals surface area contributed by atoms with E-state index in [2.05, 4.69) is 10.5 Å². The Balaban J connectivity index is 1.71. The molecule has 0 saturated carbocycles. The smallest absolute Gasteiger partial charge is 0.257 e. The lowest BCUT2D eigenvalue weighted by Crippen LogP contribution is -2.25. The highest BCUT2D eigenvalue weighted by Gasteiger charge is 2.25. The standard InChI is InChI=1S/C20H18ClFN2O2/c1-13-17(19(24-26-13)18-15(21)10-5-11-16(18)22)20(25)23-12-6-9-14-7-3-2-4-8-14/h2-5,7-8,10-11H,6,9,12H2,1H3,(H,23,25). The van der Waals surface area contributed by atoms with E-state index >= 15 is 0 Å². The van der Waals surface area contributed by atoms with E-state index in [1.807, 2.05) is 30.3 Å². The zero-order valence-electron chi connectivity index (χ0n) is 14.3. The summed E-state index contributed by atoms with van der Waals surface area (Å²) in [6.45, 7) is 2.10. The lowest BCUT2D eigenvalue weighted by Gasteiger charge is -2.07. The van der Waals surface area contributed by atoms with Crippen LogP contribution in [0.5, 0.6) is 0 Å². The molecular weight excluding hydrogens is 355 g/mol. The van der Waals surface area contributed by atoms with Crippen LogP contribution in [-0.4, -0.2) is 17.6 Å². The Morgan fingerprint density at radius 2 is 1.96 bits per heavy atom. The molecule has 0 radical (unpaired) electrons. The molecule has 0 aliphatic heterocycles. The van der Waals surface area contributed by atoms with Crippen LogP contribution in [0.4, 0.5) is 4.39 Å². The van der Waals surface area contributed by atoms with Crippen molar-refractivity contribution in [1.82, 2.24) is 10.5 Å². The molecule has 0 bridgehead atoms. The molecule has 6 heteroatoms. The maximum absolute atomic E-state index is 14.2. The zero-order chi connectivity index (χ0) is 18.5. The number of carbonyl (C=O) groups is 1. The topological polar surface area (TPSA) is 55.1 Å². The summed E-state index contributed by atoms with van der Waals surface area (Å²) in [6, 6.07) is 14.3. The molecule has 1 amide bonds. The highest BCUT2D eigenvalue weighted by Crippen LogP contribution is 2.33. The molecular formula is C20H18ClFN2O2. The summed E-state index contributed by atoms with van der Waals surface area (Å²) >= 11 is 6.09. The molecule has 0 fully saturated rings. The number of hydrogen-bond acceptors (Lipinski definition) is 3. The molecule has 0 unspecified atom stereocenters. The van der Waals surface area contributed by atoms with Crippen LogP contribution in [-0.2, 0) is 6.42 Å². The maximum atomic E-state index is 14.2. The van der Waals surface area contributed by atoms with Crippen molar-refractivity contribution in [2.45, 2.75) is 19.8 Å². The molecule has 0 saturated heterocycles. The summed E-state index contributed by atoms with van der Waals surface area (Å²) in [5, 5.41) is 6.86. The second-order valence-corrected chi connectivity index (χ2v) is 6.31. The SMILES string of the molecule is Cc1onc(-c2c(F)cccc2Cl)c1C(=O)NCCCc1ccccc1. The number of nitrogens with zero attached hydrogens (tertiary/aromatic N) is 1. The summed E-state index contributed by atoms with van der Waals surface area (Å²) in [5.41, 5.74) is 1.60. The van der Waals surface area contributed by atoms with E-state index < -0.39 is 5.82 Å². The third kappa shape index (κ3) is 3.94. The van der Waals surface area contributed by atoms with E-state index in [0.717, 1.165) is 12.8 Å². The number of carbonyl (C=O) groups excluding carboxylic acids is 1. The van der Waals surface area contributed by atoms with Crippen molar-refractivity contribution in [2.24, 2.45) is 0 Å². The van der Waals surface area contributed by atoms with Crippen LogP contribution in [0.1, 0.15) is 28.1 Å². The van der Waals surface area contributed by atoms with Gasteiger partial charge in [0.15, 0.2) is 0 Å². The molecule has 134 valence electrons. The van der Waals surface area contributed by atoms with Gasteiger partial charge in [-0.3, -0.25) is 4.79 Å². The lowest BCUT2D eigenvalue weighted by molar-refractivity contribution is 0.0952. The molecule has 4 nitrogen and oxygen atoms in total. The third-order valence-corrected chi connectivity index (χ3v) is 4.37. The number of aromatic nitrogens is 1. The van der Waals surface area contributed by atoms with Gasteiger partial charge in [-0.1, -0.05) is 53.2 Å². The van der Waals surface area contributed by atoms with Crippen LogP contribution < -0.4 is 5.32 Å². The van der Waals surface area contributed by atoms with Gasteiger partial charge in [-0.15, -0.1) is 0 Å². The summed E-state index contributed by atoms with van der Waals surface area (Å²) in [7, 11) is 0. The van der Waals surface area contributed by atoms with Gasteiger partial charge in [0.25, 0.3) is 5.91 Å². The Bertz CT molecular complexity index is 889. The number of hydrogen-bond donors (Lipinski definition) is 1.